The molecule has 0 unspecified atom stereocenters. The molecular weight excluding hydrogens is 347 g/mol. The molecule has 9 heteroatoms. The fraction of sp³-hybridized carbons (Fsp3) is 0.333. The smallest absolute Gasteiger partial charge is 0.207 e. The number of alkyl halides is 4. The molecule has 21 heavy (non-hydrogen) atoms. The molecule has 0 aliphatic rings. The van der Waals surface area contributed by atoms with Crippen molar-refractivity contribution in [2.45, 2.75) is 17.0 Å². The Kier molecular flexibility index (Phi) is 4.53. The first-order chi connectivity index (χ1) is 9.66. The lowest BCUT2D eigenvalue weighted by molar-refractivity contribution is -0.134. The van der Waals surface area contributed by atoms with Crippen LogP contribution in [0.2, 0.25) is 0 Å². The fourth-order valence-corrected chi connectivity index (χ4v) is 5.21. The second-order valence-corrected chi connectivity index (χ2v) is 7.75. The van der Waals surface area contributed by atoms with Crippen LogP contribution >= 0.6 is 22.9 Å². The van der Waals surface area contributed by atoms with Crippen molar-refractivity contribution in [3.63, 3.8) is 0 Å². The molecule has 0 fully saturated rings. The number of fused-ring (bicyclic) bond motifs is 1. The number of rotatable bonds is 4. The summed E-state index contributed by atoms with van der Waals surface area (Å²) >= 11 is 6.92. The maximum absolute atomic E-state index is 12.4. The number of hydrogen-bond acceptors (Lipinski definition) is 3. The zero-order chi connectivity index (χ0) is 15.8. The second kappa shape index (κ2) is 5.75. The van der Waals surface area contributed by atoms with Crippen LogP contribution in [0, 0.1) is 0 Å². The summed E-state index contributed by atoms with van der Waals surface area (Å²) in [6.45, 7) is -1.54. The Morgan fingerprint density at radius 2 is 1.90 bits per heavy atom. The number of benzene rings is 1. The van der Waals surface area contributed by atoms with Crippen LogP contribution in [0.3, 0.4) is 0 Å². The van der Waals surface area contributed by atoms with Gasteiger partial charge in [0.25, 0.3) is 0 Å². The molecule has 3 nitrogen and oxygen atoms in total. The Hall–Kier alpha value is -0.830. The Bertz CT molecular complexity index is 755. The van der Waals surface area contributed by atoms with Crippen molar-refractivity contribution in [3.05, 3.63) is 29.1 Å². The summed E-state index contributed by atoms with van der Waals surface area (Å²) in [5.41, 5.74) is 0. The molecule has 116 valence electrons. The molecule has 1 aromatic heterocycles. The van der Waals surface area contributed by atoms with Crippen molar-refractivity contribution in [3.8, 4) is 0 Å². The minimum absolute atomic E-state index is 0.0756. The predicted octanol–water partition coefficient (Wildman–Crippen LogP) is 3.82. The summed E-state index contributed by atoms with van der Waals surface area (Å²) in [6, 6.07) is 6.64. The van der Waals surface area contributed by atoms with Gasteiger partial charge in [-0.05, 0) is 6.07 Å². The fourth-order valence-electron chi connectivity index (χ4n) is 1.94. The van der Waals surface area contributed by atoms with Gasteiger partial charge in [-0.2, -0.15) is 17.5 Å². The van der Waals surface area contributed by atoms with Crippen molar-refractivity contribution in [1.29, 1.82) is 0 Å². The van der Waals surface area contributed by atoms with E-state index in [9.17, 15) is 21.6 Å². The Balaban J connectivity index is 2.59. The SMILES string of the molecule is CN(CC(F)(F)F)S(=O)(=O)c1c(CCl)sc2ccccc12. The van der Waals surface area contributed by atoms with Gasteiger partial charge in [0.15, 0.2) is 0 Å². The van der Waals surface area contributed by atoms with E-state index in [1.54, 1.807) is 24.3 Å². The average Bonchev–Trinajstić information content (AvgIpc) is 2.75. The molecule has 0 N–H and O–H groups in total. The Morgan fingerprint density at radius 1 is 1.29 bits per heavy atom. The van der Waals surface area contributed by atoms with Crippen molar-refractivity contribution < 1.29 is 21.6 Å². The van der Waals surface area contributed by atoms with Crippen LogP contribution in [-0.2, 0) is 15.9 Å². The van der Waals surface area contributed by atoms with Crippen molar-refractivity contribution >= 4 is 43.0 Å². The summed E-state index contributed by atoms with van der Waals surface area (Å²) in [6.07, 6.45) is -4.60. The zero-order valence-corrected chi connectivity index (χ0v) is 13.2. The van der Waals surface area contributed by atoms with E-state index in [0.717, 1.165) is 7.05 Å². The standard InChI is InChI=1S/C12H11ClF3NO2S2/c1-17(7-12(14,15)16)21(18,19)11-8-4-2-3-5-9(8)20-10(11)6-13/h2-5H,6-7H2,1H3. The van der Waals surface area contributed by atoms with Gasteiger partial charge in [0, 0.05) is 22.0 Å². The van der Waals surface area contributed by atoms with Gasteiger partial charge >= 0.3 is 6.18 Å². The Labute approximate surface area is 129 Å². The summed E-state index contributed by atoms with van der Waals surface area (Å²) < 4.78 is 63.2. The molecule has 0 atom stereocenters. The lowest BCUT2D eigenvalue weighted by Crippen LogP contribution is -2.36. The molecule has 1 heterocycles. The molecule has 0 bridgehead atoms. The van der Waals surface area contributed by atoms with E-state index in [-0.39, 0.29) is 10.8 Å². The lowest BCUT2D eigenvalue weighted by Gasteiger charge is -2.19. The number of nitrogens with zero attached hydrogens (tertiary/aromatic N) is 1. The number of hydrogen-bond donors (Lipinski definition) is 0. The van der Waals surface area contributed by atoms with Gasteiger partial charge in [-0.25, -0.2) is 8.42 Å². The molecule has 2 aromatic rings. The van der Waals surface area contributed by atoms with Gasteiger partial charge in [0.05, 0.1) is 5.88 Å². The third-order valence-corrected chi connectivity index (χ3v) is 6.47. The maximum atomic E-state index is 12.4. The van der Waals surface area contributed by atoms with Crippen LogP contribution in [0.5, 0.6) is 0 Å². The molecule has 0 aliphatic carbocycles. The maximum Gasteiger partial charge on any atom is 0.402 e. The summed E-state index contributed by atoms with van der Waals surface area (Å²) in [4.78, 5) is 0.205. The van der Waals surface area contributed by atoms with Crippen LogP contribution in [0.15, 0.2) is 29.2 Å². The molecule has 0 amide bonds. The first-order valence-corrected chi connectivity index (χ1v) is 8.55. The number of thiophene rings is 1. The highest BCUT2D eigenvalue weighted by Crippen LogP contribution is 2.37. The molecule has 2 rings (SSSR count). The van der Waals surface area contributed by atoms with Crippen molar-refractivity contribution in [1.82, 2.24) is 4.31 Å². The van der Waals surface area contributed by atoms with E-state index in [1.807, 2.05) is 0 Å². The van der Waals surface area contributed by atoms with Gasteiger partial charge in [-0.15, -0.1) is 22.9 Å². The highest BCUT2D eigenvalue weighted by Gasteiger charge is 2.36. The van der Waals surface area contributed by atoms with Crippen molar-refractivity contribution in [2.24, 2.45) is 0 Å². The molecule has 0 spiro atoms. The minimum atomic E-state index is -4.60. The van der Waals surface area contributed by atoms with E-state index in [2.05, 4.69) is 0 Å². The van der Waals surface area contributed by atoms with E-state index in [0.29, 0.717) is 19.3 Å². The van der Waals surface area contributed by atoms with E-state index >= 15 is 0 Å². The first kappa shape index (κ1) is 16.5. The van der Waals surface area contributed by atoms with Gasteiger partial charge in [0.2, 0.25) is 10.0 Å². The molecule has 0 saturated heterocycles. The summed E-state index contributed by atoms with van der Waals surface area (Å²) in [7, 11) is -3.35. The molecule has 0 saturated carbocycles. The topological polar surface area (TPSA) is 37.4 Å². The minimum Gasteiger partial charge on any atom is -0.207 e. The van der Waals surface area contributed by atoms with Crippen LogP contribution in [-0.4, -0.2) is 32.5 Å². The quantitative estimate of drug-likeness (QED) is 0.780. The van der Waals surface area contributed by atoms with Gasteiger partial charge < -0.3 is 0 Å². The van der Waals surface area contributed by atoms with Crippen LogP contribution in [0.4, 0.5) is 13.2 Å². The molecular formula is C12H11ClF3NO2S2. The monoisotopic (exact) mass is 357 g/mol. The van der Waals surface area contributed by atoms with Crippen LogP contribution < -0.4 is 0 Å². The van der Waals surface area contributed by atoms with E-state index < -0.39 is 22.7 Å². The average molecular weight is 358 g/mol. The molecule has 0 radical (unpaired) electrons. The highest BCUT2D eigenvalue weighted by molar-refractivity contribution is 7.89. The number of halogens is 4. The number of sulfonamides is 1. The largest absolute Gasteiger partial charge is 0.402 e. The van der Waals surface area contributed by atoms with Crippen molar-refractivity contribution in [2.75, 3.05) is 13.6 Å². The second-order valence-electron chi connectivity index (χ2n) is 4.36. The first-order valence-electron chi connectivity index (χ1n) is 5.76. The predicted molar refractivity (Wildman–Crippen MR) is 77.3 cm³/mol. The van der Waals surface area contributed by atoms with E-state index in [4.69, 9.17) is 11.6 Å². The normalized spacial score (nSPS) is 13.2. The van der Waals surface area contributed by atoms with E-state index in [1.165, 1.54) is 11.3 Å². The summed E-state index contributed by atoms with van der Waals surface area (Å²) in [5.74, 6) is -0.0756. The third-order valence-electron chi connectivity index (χ3n) is 2.81. The van der Waals surface area contributed by atoms with Crippen LogP contribution in [0.1, 0.15) is 4.88 Å². The third kappa shape index (κ3) is 3.33. The molecule has 0 aliphatic heterocycles. The summed E-state index contributed by atoms with van der Waals surface area (Å²) in [5, 5.41) is 0.396. The zero-order valence-electron chi connectivity index (χ0n) is 10.8. The van der Waals surface area contributed by atoms with Gasteiger partial charge in [-0.3, -0.25) is 0 Å². The molecule has 1 aromatic carbocycles. The van der Waals surface area contributed by atoms with Gasteiger partial charge in [0.1, 0.15) is 11.4 Å². The lowest BCUT2D eigenvalue weighted by atomic mass is 10.2. The van der Waals surface area contributed by atoms with Gasteiger partial charge in [-0.1, -0.05) is 18.2 Å². The Morgan fingerprint density at radius 3 is 2.48 bits per heavy atom. The van der Waals surface area contributed by atoms with Crippen LogP contribution in [0.25, 0.3) is 10.1 Å². The highest BCUT2D eigenvalue weighted by atomic mass is 35.5.